The summed E-state index contributed by atoms with van der Waals surface area (Å²) in [6.07, 6.45) is 2.44. The van der Waals surface area contributed by atoms with Crippen molar-refractivity contribution in [3.63, 3.8) is 0 Å². The molecule has 0 radical (unpaired) electrons. The van der Waals surface area contributed by atoms with Crippen LogP contribution in [-0.4, -0.2) is 48.2 Å². The van der Waals surface area contributed by atoms with Crippen LogP contribution in [0.5, 0.6) is 11.5 Å². The number of halogens is 3. The molecule has 196 valence electrons. The van der Waals surface area contributed by atoms with E-state index < -0.39 is 39.8 Å². The molecule has 37 heavy (non-hydrogen) atoms. The van der Waals surface area contributed by atoms with Gasteiger partial charge in [-0.25, -0.2) is 22.6 Å². The predicted molar refractivity (Wildman–Crippen MR) is 133 cm³/mol. The van der Waals surface area contributed by atoms with Gasteiger partial charge in [0.15, 0.2) is 17.1 Å². The average molecular weight is 536 g/mol. The van der Waals surface area contributed by atoms with E-state index in [2.05, 4.69) is 14.7 Å². The molecule has 1 unspecified atom stereocenters. The van der Waals surface area contributed by atoms with E-state index in [1.807, 2.05) is 0 Å². The van der Waals surface area contributed by atoms with Gasteiger partial charge < -0.3 is 14.5 Å². The lowest BCUT2D eigenvalue weighted by molar-refractivity contribution is -0.0514. The van der Waals surface area contributed by atoms with E-state index in [1.165, 1.54) is 35.0 Å². The number of nitrogens with one attached hydrogen (secondary N) is 1. The highest BCUT2D eigenvalue weighted by molar-refractivity contribution is 7.90. The molecule has 0 aliphatic heterocycles. The number of fused-ring (bicyclic) bond motifs is 1. The Kier molecular flexibility index (Phi) is 7.30. The number of pyridine rings is 1. The molecule has 0 aliphatic carbocycles. The van der Waals surface area contributed by atoms with Crippen LogP contribution in [0.15, 0.2) is 53.5 Å². The van der Waals surface area contributed by atoms with Crippen LogP contribution in [0, 0.1) is 12.7 Å². The highest BCUT2D eigenvalue weighted by Crippen LogP contribution is 2.35. The van der Waals surface area contributed by atoms with Crippen molar-refractivity contribution in [2.45, 2.75) is 26.5 Å². The third kappa shape index (κ3) is 5.48. The summed E-state index contributed by atoms with van der Waals surface area (Å²) in [5, 5.41) is 0. The molecule has 8 nitrogen and oxygen atoms in total. The summed E-state index contributed by atoms with van der Waals surface area (Å²) in [7, 11) is -3.65. The number of aromatic nitrogens is 3. The molecule has 1 N–H and O–H groups in total. The van der Waals surface area contributed by atoms with E-state index in [9.17, 15) is 26.4 Å². The van der Waals surface area contributed by atoms with Crippen molar-refractivity contribution in [3.05, 3.63) is 76.1 Å². The first-order valence-corrected chi connectivity index (χ1v) is 13.3. The Labute approximate surface area is 210 Å². The Morgan fingerprint density at radius 1 is 1.11 bits per heavy atom. The van der Waals surface area contributed by atoms with Crippen LogP contribution >= 0.6 is 0 Å². The first-order chi connectivity index (χ1) is 17.5. The van der Waals surface area contributed by atoms with Crippen molar-refractivity contribution >= 4 is 21.0 Å². The van der Waals surface area contributed by atoms with Gasteiger partial charge in [-0.1, -0.05) is 24.3 Å². The van der Waals surface area contributed by atoms with Gasteiger partial charge in [0.25, 0.3) is 0 Å². The smallest absolute Gasteiger partial charge is 0.387 e. The summed E-state index contributed by atoms with van der Waals surface area (Å²) < 4.78 is 76.0. The summed E-state index contributed by atoms with van der Waals surface area (Å²) >= 11 is 0. The van der Waals surface area contributed by atoms with Gasteiger partial charge in [0.1, 0.15) is 15.7 Å². The average Bonchev–Trinajstić information content (AvgIpc) is 3.15. The van der Waals surface area contributed by atoms with Gasteiger partial charge in [0.05, 0.1) is 23.9 Å². The van der Waals surface area contributed by atoms with Crippen molar-refractivity contribution in [2.24, 2.45) is 0 Å². The standard InChI is InChI=1S/C25H24F3N3O5S/c1-4-35-21-11-15(9-10-20(21)36-24(27)28)19(13-37(3,33)34)31-23-22(30-25(31)32)14(2)17(12-29-23)16-7-5-6-8-18(16)26/h5-12,19,24H,4,13H2,1-3H3,(H,30,32). The minimum atomic E-state index is -3.65. The molecule has 1 atom stereocenters. The van der Waals surface area contributed by atoms with Crippen LogP contribution in [0.1, 0.15) is 24.1 Å². The minimum Gasteiger partial charge on any atom is -0.490 e. The topological polar surface area (TPSA) is 103 Å². The molecule has 4 aromatic rings. The number of H-pyrrole nitrogens is 1. The largest absolute Gasteiger partial charge is 0.490 e. The Morgan fingerprint density at radius 2 is 1.84 bits per heavy atom. The second kappa shape index (κ2) is 10.3. The first-order valence-electron chi connectivity index (χ1n) is 11.2. The number of hydrogen-bond donors (Lipinski definition) is 1. The first kappa shape index (κ1) is 26.3. The van der Waals surface area contributed by atoms with E-state index in [1.54, 1.807) is 32.0 Å². The number of imidazole rings is 1. The Bertz CT molecular complexity index is 1620. The number of aryl methyl sites for hydroxylation is 1. The molecule has 2 aromatic heterocycles. The van der Waals surface area contributed by atoms with Gasteiger partial charge in [-0.2, -0.15) is 8.78 Å². The van der Waals surface area contributed by atoms with Gasteiger partial charge in [-0.3, -0.25) is 4.57 Å². The van der Waals surface area contributed by atoms with E-state index in [0.717, 1.165) is 6.26 Å². The molecule has 0 fully saturated rings. The van der Waals surface area contributed by atoms with Gasteiger partial charge in [-0.15, -0.1) is 0 Å². The van der Waals surface area contributed by atoms with E-state index in [0.29, 0.717) is 27.8 Å². The van der Waals surface area contributed by atoms with Crippen LogP contribution in [0.4, 0.5) is 13.2 Å². The third-order valence-corrected chi connectivity index (χ3v) is 6.72. The predicted octanol–water partition coefficient (Wildman–Crippen LogP) is 4.47. The number of benzene rings is 2. The highest BCUT2D eigenvalue weighted by atomic mass is 32.2. The third-order valence-electron chi connectivity index (χ3n) is 5.80. The quantitative estimate of drug-likeness (QED) is 0.339. The number of rotatable bonds is 9. The fourth-order valence-electron chi connectivity index (χ4n) is 4.23. The van der Waals surface area contributed by atoms with Crippen molar-refractivity contribution < 1.29 is 31.1 Å². The van der Waals surface area contributed by atoms with E-state index in [-0.39, 0.29) is 23.8 Å². The zero-order valence-electron chi connectivity index (χ0n) is 20.2. The molecule has 2 heterocycles. The lowest BCUT2D eigenvalue weighted by atomic mass is 10.0. The molecule has 0 bridgehead atoms. The van der Waals surface area contributed by atoms with Gasteiger partial charge in [-0.05, 0) is 43.2 Å². The molecule has 0 spiro atoms. The molecular formula is C25H24F3N3O5S. The Balaban J connectivity index is 1.91. The normalized spacial score (nSPS) is 12.7. The molecule has 12 heteroatoms. The fraction of sp³-hybridized carbons (Fsp3) is 0.280. The minimum absolute atomic E-state index is 0.0299. The molecule has 0 saturated carbocycles. The zero-order chi connectivity index (χ0) is 26.9. The number of aromatic amines is 1. The number of ether oxygens (including phenoxy) is 2. The number of sulfone groups is 1. The maximum absolute atomic E-state index is 14.4. The molecule has 4 rings (SSSR count). The van der Waals surface area contributed by atoms with Crippen LogP contribution in [0.3, 0.4) is 0 Å². The van der Waals surface area contributed by atoms with Crippen molar-refractivity contribution in [1.29, 1.82) is 0 Å². The maximum atomic E-state index is 14.4. The van der Waals surface area contributed by atoms with Gasteiger partial charge in [0.2, 0.25) is 0 Å². The molecule has 0 saturated heterocycles. The summed E-state index contributed by atoms with van der Waals surface area (Å²) in [6.45, 7) is 0.383. The summed E-state index contributed by atoms with van der Waals surface area (Å²) in [5.41, 5.74) is 1.43. The molecule has 2 aromatic carbocycles. The molecule has 0 aliphatic rings. The van der Waals surface area contributed by atoms with E-state index >= 15 is 0 Å². The van der Waals surface area contributed by atoms with Crippen LogP contribution in [-0.2, 0) is 9.84 Å². The SMILES string of the molecule is CCOc1cc(C(CS(C)(=O)=O)n2c(=O)[nH]c3c(C)c(-c4ccccc4F)cnc32)ccc1OC(F)F. The number of nitrogens with zero attached hydrogens (tertiary/aromatic N) is 2. The summed E-state index contributed by atoms with van der Waals surface area (Å²) in [5.74, 6) is -1.21. The summed E-state index contributed by atoms with van der Waals surface area (Å²) in [4.78, 5) is 20.3. The second-order valence-corrected chi connectivity index (χ2v) is 10.6. The van der Waals surface area contributed by atoms with Crippen LogP contribution in [0.2, 0.25) is 0 Å². The number of hydrogen-bond acceptors (Lipinski definition) is 6. The lowest BCUT2D eigenvalue weighted by Gasteiger charge is -2.20. The van der Waals surface area contributed by atoms with Crippen molar-refractivity contribution in [1.82, 2.24) is 14.5 Å². The van der Waals surface area contributed by atoms with Crippen LogP contribution < -0.4 is 15.2 Å². The van der Waals surface area contributed by atoms with Crippen molar-refractivity contribution in [3.8, 4) is 22.6 Å². The monoisotopic (exact) mass is 535 g/mol. The highest BCUT2D eigenvalue weighted by Gasteiger charge is 2.27. The second-order valence-electron chi connectivity index (χ2n) is 8.40. The van der Waals surface area contributed by atoms with Gasteiger partial charge >= 0.3 is 12.3 Å². The fourth-order valence-corrected chi connectivity index (χ4v) is 5.14. The van der Waals surface area contributed by atoms with E-state index in [4.69, 9.17) is 4.74 Å². The van der Waals surface area contributed by atoms with Gasteiger partial charge in [0, 0.05) is 23.6 Å². The molecule has 0 amide bonds. The zero-order valence-corrected chi connectivity index (χ0v) is 21.0. The maximum Gasteiger partial charge on any atom is 0.387 e. The Morgan fingerprint density at radius 3 is 2.49 bits per heavy atom. The summed E-state index contributed by atoms with van der Waals surface area (Å²) in [6, 6.07) is 9.04. The lowest BCUT2D eigenvalue weighted by Crippen LogP contribution is -2.28. The van der Waals surface area contributed by atoms with Crippen molar-refractivity contribution in [2.75, 3.05) is 18.6 Å². The Hall–Kier alpha value is -3.80. The van der Waals surface area contributed by atoms with Crippen LogP contribution in [0.25, 0.3) is 22.3 Å². The molecular weight excluding hydrogens is 511 g/mol. The number of alkyl halides is 2.